The van der Waals surface area contributed by atoms with Crippen molar-refractivity contribution in [3.63, 3.8) is 0 Å². The molecule has 7 heteroatoms. The van der Waals surface area contributed by atoms with Gasteiger partial charge in [-0.3, -0.25) is 4.90 Å². The van der Waals surface area contributed by atoms with E-state index >= 15 is 0 Å². The number of aryl methyl sites for hydroxylation is 1. The summed E-state index contributed by atoms with van der Waals surface area (Å²) < 4.78 is 5.12. The van der Waals surface area contributed by atoms with Crippen LogP contribution in [-0.2, 0) is 6.54 Å². The van der Waals surface area contributed by atoms with Crippen LogP contribution in [0, 0.1) is 6.92 Å². The van der Waals surface area contributed by atoms with E-state index in [1.807, 2.05) is 19.3 Å². The zero-order valence-corrected chi connectivity index (χ0v) is 15.3. The van der Waals surface area contributed by atoms with Crippen molar-refractivity contribution < 1.29 is 4.52 Å². The molecule has 0 bridgehead atoms. The Labute approximate surface area is 147 Å². The third-order valence-electron chi connectivity index (χ3n) is 4.23. The zero-order chi connectivity index (χ0) is 16.8. The first-order chi connectivity index (χ1) is 11.7. The molecule has 3 rings (SSSR count). The Kier molecular flexibility index (Phi) is 6.20. The molecular formula is C17H25N5OS. The molecule has 130 valence electrons. The molecule has 1 saturated heterocycles. The first-order valence-electron chi connectivity index (χ1n) is 8.71. The van der Waals surface area contributed by atoms with Crippen molar-refractivity contribution in [3.05, 3.63) is 29.7 Å². The maximum absolute atomic E-state index is 5.12. The van der Waals surface area contributed by atoms with Crippen molar-refractivity contribution in [1.82, 2.24) is 25.0 Å². The van der Waals surface area contributed by atoms with Gasteiger partial charge in [-0.25, -0.2) is 9.97 Å². The quantitative estimate of drug-likeness (QED) is 0.432. The van der Waals surface area contributed by atoms with Crippen LogP contribution in [0.25, 0.3) is 0 Å². The van der Waals surface area contributed by atoms with Crippen molar-refractivity contribution in [2.75, 3.05) is 18.8 Å². The van der Waals surface area contributed by atoms with E-state index in [1.54, 1.807) is 11.8 Å². The second kappa shape index (κ2) is 8.58. The maximum Gasteiger partial charge on any atom is 0.223 e. The number of rotatable bonds is 7. The lowest BCUT2D eigenvalue weighted by Gasteiger charge is -2.31. The van der Waals surface area contributed by atoms with Gasteiger partial charge in [0.1, 0.15) is 0 Å². The topological polar surface area (TPSA) is 67.9 Å². The number of likely N-dealkylation sites (tertiary alicyclic amines) is 1. The van der Waals surface area contributed by atoms with Gasteiger partial charge in [-0.05, 0) is 25.8 Å². The first kappa shape index (κ1) is 17.4. The van der Waals surface area contributed by atoms with E-state index < -0.39 is 0 Å². The van der Waals surface area contributed by atoms with Crippen LogP contribution < -0.4 is 0 Å². The molecule has 3 heterocycles. The Morgan fingerprint density at radius 1 is 1.33 bits per heavy atom. The second-order valence-electron chi connectivity index (χ2n) is 6.32. The molecular weight excluding hydrogens is 322 g/mol. The van der Waals surface area contributed by atoms with Crippen LogP contribution in [0.1, 0.15) is 55.8 Å². The summed E-state index contributed by atoms with van der Waals surface area (Å²) in [6.45, 7) is 6.99. The Morgan fingerprint density at radius 3 is 2.88 bits per heavy atom. The van der Waals surface area contributed by atoms with Crippen LogP contribution in [0.3, 0.4) is 0 Å². The maximum atomic E-state index is 5.12. The molecule has 24 heavy (non-hydrogen) atoms. The molecule has 1 atom stereocenters. The highest BCUT2D eigenvalue weighted by Crippen LogP contribution is 2.25. The van der Waals surface area contributed by atoms with Gasteiger partial charge in [-0.1, -0.05) is 30.3 Å². The average Bonchev–Trinajstić information content (AvgIpc) is 3.04. The molecule has 6 nitrogen and oxygen atoms in total. The summed E-state index contributed by atoms with van der Waals surface area (Å²) in [5.41, 5.74) is 1.17. The van der Waals surface area contributed by atoms with Crippen LogP contribution in [0.5, 0.6) is 0 Å². The summed E-state index contributed by atoms with van der Waals surface area (Å²) in [4.78, 5) is 15.8. The molecule has 1 aliphatic heterocycles. The fourth-order valence-corrected chi connectivity index (χ4v) is 3.83. The lowest BCUT2D eigenvalue weighted by atomic mass is 9.97. The SMILES string of the molecule is CCCCSc1ncc(CN2CCCC(c3noc(C)n3)C2)cn1. The van der Waals surface area contributed by atoms with Gasteiger partial charge in [0.2, 0.25) is 5.89 Å². The van der Waals surface area contributed by atoms with E-state index in [0.29, 0.717) is 11.8 Å². The molecule has 0 aliphatic carbocycles. The smallest absolute Gasteiger partial charge is 0.223 e. The third-order valence-corrected chi connectivity index (χ3v) is 5.19. The number of hydrogen-bond acceptors (Lipinski definition) is 7. The fourth-order valence-electron chi connectivity index (χ4n) is 2.96. The minimum absolute atomic E-state index is 0.362. The number of thioether (sulfide) groups is 1. The van der Waals surface area contributed by atoms with Gasteiger partial charge in [0, 0.05) is 49.6 Å². The summed E-state index contributed by atoms with van der Waals surface area (Å²) in [5, 5.41) is 4.97. The standard InChI is InChI=1S/C17H25N5OS/c1-3-4-8-24-17-18-9-14(10-19-17)11-22-7-5-6-15(12-22)16-20-13(2)23-21-16/h9-10,15H,3-8,11-12H2,1-2H3. The van der Waals surface area contributed by atoms with Gasteiger partial charge in [0.05, 0.1) is 0 Å². The molecule has 0 aromatic carbocycles. The van der Waals surface area contributed by atoms with E-state index in [9.17, 15) is 0 Å². The summed E-state index contributed by atoms with van der Waals surface area (Å²) in [5.74, 6) is 2.94. The predicted molar refractivity (Wildman–Crippen MR) is 94.0 cm³/mol. The normalized spacial score (nSPS) is 18.8. The number of hydrogen-bond donors (Lipinski definition) is 0. The second-order valence-corrected chi connectivity index (χ2v) is 7.38. The third kappa shape index (κ3) is 4.77. The summed E-state index contributed by atoms with van der Waals surface area (Å²) in [6.07, 6.45) is 8.62. The molecule has 0 radical (unpaired) electrons. The Bertz CT molecular complexity index is 630. The lowest BCUT2D eigenvalue weighted by Crippen LogP contribution is -2.34. The van der Waals surface area contributed by atoms with Crippen LogP contribution in [0.2, 0.25) is 0 Å². The van der Waals surface area contributed by atoms with E-state index in [-0.39, 0.29) is 0 Å². The average molecular weight is 347 g/mol. The number of aromatic nitrogens is 4. The van der Waals surface area contributed by atoms with E-state index in [0.717, 1.165) is 49.2 Å². The highest BCUT2D eigenvalue weighted by molar-refractivity contribution is 7.99. The Hall–Kier alpha value is -1.47. The van der Waals surface area contributed by atoms with Crippen LogP contribution in [-0.4, -0.2) is 43.9 Å². The van der Waals surface area contributed by atoms with Crippen molar-refractivity contribution in [3.8, 4) is 0 Å². The van der Waals surface area contributed by atoms with Crippen molar-refractivity contribution in [2.24, 2.45) is 0 Å². The predicted octanol–water partition coefficient (Wildman–Crippen LogP) is 3.44. The van der Waals surface area contributed by atoms with Crippen LogP contribution in [0.15, 0.2) is 22.1 Å². The summed E-state index contributed by atoms with van der Waals surface area (Å²) in [7, 11) is 0. The molecule has 2 aromatic rings. The molecule has 0 saturated carbocycles. The number of nitrogens with zero attached hydrogens (tertiary/aromatic N) is 5. The van der Waals surface area contributed by atoms with Gasteiger partial charge < -0.3 is 4.52 Å². The zero-order valence-electron chi connectivity index (χ0n) is 14.4. The van der Waals surface area contributed by atoms with Gasteiger partial charge >= 0.3 is 0 Å². The Balaban J connectivity index is 1.53. The molecule has 2 aromatic heterocycles. The van der Waals surface area contributed by atoms with Gasteiger partial charge in [-0.2, -0.15) is 4.98 Å². The van der Waals surface area contributed by atoms with Crippen molar-refractivity contribution >= 4 is 11.8 Å². The minimum Gasteiger partial charge on any atom is -0.340 e. The largest absolute Gasteiger partial charge is 0.340 e. The monoisotopic (exact) mass is 347 g/mol. The molecule has 1 unspecified atom stereocenters. The molecule has 0 amide bonds. The van der Waals surface area contributed by atoms with Gasteiger partial charge in [0.15, 0.2) is 11.0 Å². The van der Waals surface area contributed by atoms with Gasteiger partial charge in [-0.15, -0.1) is 0 Å². The lowest BCUT2D eigenvalue weighted by molar-refractivity contribution is 0.194. The van der Waals surface area contributed by atoms with E-state index in [1.165, 1.54) is 18.4 Å². The summed E-state index contributed by atoms with van der Waals surface area (Å²) in [6, 6.07) is 0. The van der Waals surface area contributed by atoms with Gasteiger partial charge in [0.25, 0.3) is 0 Å². The molecule has 0 spiro atoms. The first-order valence-corrected chi connectivity index (χ1v) is 9.69. The fraction of sp³-hybridized carbons (Fsp3) is 0.647. The van der Waals surface area contributed by atoms with Crippen LogP contribution >= 0.6 is 11.8 Å². The number of unbranched alkanes of at least 4 members (excludes halogenated alkanes) is 1. The Morgan fingerprint density at radius 2 is 2.17 bits per heavy atom. The highest BCUT2D eigenvalue weighted by Gasteiger charge is 2.25. The van der Waals surface area contributed by atoms with Crippen molar-refractivity contribution in [1.29, 1.82) is 0 Å². The van der Waals surface area contributed by atoms with E-state index in [2.05, 4.69) is 31.9 Å². The number of piperidine rings is 1. The summed E-state index contributed by atoms with van der Waals surface area (Å²) >= 11 is 1.74. The molecule has 1 aliphatic rings. The highest BCUT2D eigenvalue weighted by atomic mass is 32.2. The molecule has 1 fully saturated rings. The minimum atomic E-state index is 0.362. The van der Waals surface area contributed by atoms with E-state index in [4.69, 9.17) is 4.52 Å². The van der Waals surface area contributed by atoms with Crippen LogP contribution in [0.4, 0.5) is 0 Å². The van der Waals surface area contributed by atoms with Crippen molar-refractivity contribution in [2.45, 2.75) is 57.1 Å². The molecule has 0 N–H and O–H groups in total.